The first-order valence-corrected chi connectivity index (χ1v) is 7.92. The van der Waals surface area contributed by atoms with Gasteiger partial charge in [0, 0.05) is 31.1 Å². The largest absolute Gasteiger partial charge is 0.493 e. The fourth-order valence-electron chi connectivity index (χ4n) is 1.61. The van der Waals surface area contributed by atoms with Crippen LogP contribution in [0.15, 0.2) is 23.2 Å². The minimum Gasteiger partial charge on any atom is -0.493 e. The Morgan fingerprint density at radius 1 is 1.35 bits per heavy atom. The van der Waals surface area contributed by atoms with Gasteiger partial charge >= 0.3 is 0 Å². The first kappa shape index (κ1) is 16.5. The molecule has 0 saturated heterocycles. The van der Waals surface area contributed by atoms with Crippen LogP contribution in [-0.4, -0.2) is 45.3 Å². The highest BCUT2D eigenvalue weighted by atomic mass is 32.2. The second-order valence-electron chi connectivity index (χ2n) is 3.92. The SMILES string of the molecule is CCOc1cc(NC(=NC)NCCSC)ccc1OC. The lowest BCUT2D eigenvalue weighted by molar-refractivity contribution is 0.311. The monoisotopic (exact) mass is 297 g/mol. The van der Waals surface area contributed by atoms with Gasteiger partial charge in [0.1, 0.15) is 0 Å². The van der Waals surface area contributed by atoms with Crippen LogP contribution in [0.1, 0.15) is 6.92 Å². The quantitative estimate of drug-likeness (QED) is 0.460. The zero-order chi connectivity index (χ0) is 14.8. The van der Waals surface area contributed by atoms with E-state index in [9.17, 15) is 0 Å². The Labute approximate surface area is 125 Å². The second-order valence-corrected chi connectivity index (χ2v) is 4.90. The molecule has 1 aromatic rings. The number of anilines is 1. The van der Waals surface area contributed by atoms with Crippen molar-refractivity contribution in [1.29, 1.82) is 0 Å². The second kappa shape index (κ2) is 9.36. The summed E-state index contributed by atoms with van der Waals surface area (Å²) in [5.74, 6) is 3.22. The molecule has 0 bridgehead atoms. The minimum atomic E-state index is 0.598. The third-order valence-electron chi connectivity index (χ3n) is 2.55. The first-order valence-electron chi connectivity index (χ1n) is 6.52. The van der Waals surface area contributed by atoms with E-state index in [1.54, 1.807) is 25.9 Å². The molecule has 112 valence electrons. The van der Waals surface area contributed by atoms with Crippen LogP contribution in [0.2, 0.25) is 0 Å². The minimum absolute atomic E-state index is 0.598. The molecule has 0 fully saturated rings. The van der Waals surface area contributed by atoms with Gasteiger partial charge in [0.25, 0.3) is 0 Å². The van der Waals surface area contributed by atoms with Crippen molar-refractivity contribution in [3.05, 3.63) is 18.2 Å². The lowest BCUT2D eigenvalue weighted by atomic mass is 10.2. The molecule has 0 saturated carbocycles. The Hall–Kier alpha value is -1.56. The number of ether oxygens (including phenoxy) is 2. The van der Waals surface area contributed by atoms with Crippen molar-refractivity contribution in [2.75, 3.05) is 44.6 Å². The number of hydrogen-bond acceptors (Lipinski definition) is 4. The summed E-state index contributed by atoms with van der Waals surface area (Å²) < 4.78 is 10.8. The maximum absolute atomic E-state index is 5.55. The van der Waals surface area contributed by atoms with Crippen LogP contribution >= 0.6 is 11.8 Å². The van der Waals surface area contributed by atoms with Gasteiger partial charge in [0.15, 0.2) is 17.5 Å². The van der Waals surface area contributed by atoms with Gasteiger partial charge in [-0.15, -0.1) is 0 Å². The molecular formula is C14H23N3O2S. The van der Waals surface area contributed by atoms with Gasteiger partial charge in [-0.1, -0.05) is 0 Å². The van der Waals surface area contributed by atoms with Crippen molar-refractivity contribution in [2.45, 2.75) is 6.92 Å². The number of thioether (sulfide) groups is 1. The lowest BCUT2D eigenvalue weighted by Gasteiger charge is -2.14. The van der Waals surface area contributed by atoms with Crippen LogP contribution in [0, 0.1) is 0 Å². The summed E-state index contributed by atoms with van der Waals surface area (Å²) in [5, 5.41) is 6.48. The van der Waals surface area contributed by atoms with Crippen molar-refractivity contribution >= 4 is 23.4 Å². The highest BCUT2D eigenvalue weighted by molar-refractivity contribution is 7.98. The van der Waals surface area contributed by atoms with E-state index < -0.39 is 0 Å². The smallest absolute Gasteiger partial charge is 0.195 e. The van der Waals surface area contributed by atoms with Crippen molar-refractivity contribution in [3.63, 3.8) is 0 Å². The molecule has 1 aromatic carbocycles. The van der Waals surface area contributed by atoms with Gasteiger partial charge in [0.05, 0.1) is 13.7 Å². The van der Waals surface area contributed by atoms with E-state index >= 15 is 0 Å². The summed E-state index contributed by atoms with van der Waals surface area (Å²) in [6, 6.07) is 5.72. The maximum atomic E-state index is 5.55. The molecule has 0 aliphatic carbocycles. The highest BCUT2D eigenvalue weighted by Crippen LogP contribution is 2.30. The predicted molar refractivity (Wildman–Crippen MR) is 87.5 cm³/mol. The highest BCUT2D eigenvalue weighted by Gasteiger charge is 2.06. The number of hydrogen-bond donors (Lipinski definition) is 2. The molecule has 2 N–H and O–H groups in total. The lowest BCUT2D eigenvalue weighted by Crippen LogP contribution is -2.32. The van der Waals surface area contributed by atoms with Crippen LogP contribution in [0.3, 0.4) is 0 Å². The molecule has 0 aliphatic rings. The van der Waals surface area contributed by atoms with Crippen LogP contribution in [0.5, 0.6) is 11.5 Å². The van der Waals surface area contributed by atoms with Gasteiger partial charge in [-0.3, -0.25) is 4.99 Å². The van der Waals surface area contributed by atoms with E-state index in [0.717, 1.165) is 35.4 Å². The van der Waals surface area contributed by atoms with Crippen LogP contribution < -0.4 is 20.1 Å². The normalized spacial score (nSPS) is 11.1. The Morgan fingerprint density at radius 2 is 2.15 bits per heavy atom. The van der Waals surface area contributed by atoms with E-state index in [1.165, 1.54) is 0 Å². The Kier molecular flexibility index (Phi) is 7.72. The average molecular weight is 297 g/mol. The molecule has 5 nitrogen and oxygen atoms in total. The van der Waals surface area contributed by atoms with E-state index in [0.29, 0.717) is 6.61 Å². The van der Waals surface area contributed by atoms with Crippen LogP contribution in [-0.2, 0) is 0 Å². The number of nitrogens with one attached hydrogen (secondary N) is 2. The number of benzene rings is 1. The summed E-state index contributed by atoms with van der Waals surface area (Å²) in [4.78, 5) is 4.19. The van der Waals surface area contributed by atoms with Crippen molar-refractivity contribution < 1.29 is 9.47 Å². The average Bonchev–Trinajstić information content (AvgIpc) is 2.47. The summed E-state index contributed by atoms with van der Waals surface area (Å²) >= 11 is 1.79. The van der Waals surface area contributed by atoms with Gasteiger partial charge < -0.3 is 20.1 Å². The number of aliphatic imine (C=N–C) groups is 1. The number of nitrogens with zero attached hydrogens (tertiary/aromatic N) is 1. The molecule has 20 heavy (non-hydrogen) atoms. The van der Waals surface area contributed by atoms with Crippen LogP contribution in [0.4, 0.5) is 5.69 Å². The topological polar surface area (TPSA) is 54.9 Å². The fourth-order valence-corrected chi connectivity index (χ4v) is 1.92. The van der Waals surface area contributed by atoms with Crippen molar-refractivity contribution in [3.8, 4) is 11.5 Å². The predicted octanol–water partition coefficient (Wildman–Crippen LogP) is 2.44. The van der Waals surface area contributed by atoms with Gasteiger partial charge in [-0.2, -0.15) is 11.8 Å². The number of guanidine groups is 1. The molecule has 0 aliphatic heterocycles. The molecular weight excluding hydrogens is 274 g/mol. The summed E-state index contributed by atoms with van der Waals surface area (Å²) in [6.45, 7) is 3.41. The summed E-state index contributed by atoms with van der Waals surface area (Å²) in [6.07, 6.45) is 2.08. The Bertz CT molecular complexity index is 438. The Balaban J connectivity index is 2.73. The van der Waals surface area contributed by atoms with E-state index in [-0.39, 0.29) is 0 Å². The third-order valence-corrected chi connectivity index (χ3v) is 3.16. The van der Waals surface area contributed by atoms with Crippen molar-refractivity contribution in [2.24, 2.45) is 4.99 Å². The summed E-state index contributed by atoms with van der Waals surface area (Å²) in [7, 11) is 3.38. The van der Waals surface area contributed by atoms with Crippen molar-refractivity contribution in [1.82, 2.24) is 5.32 Å². The standard InChI is InChI=1S/C14H23N3O2S/c1-5-19-13-10-11(6-7-12(13)18-3)17-14(15-2)16-8-9-20-4/h6-7,10H,5,8-9H2,1-4H3,(H2,15,16,17). The molecule has 0 amide bonds. The zero-order valence-corrected chi connectivity index (χ0v) is 13.3. The third kappa shape index (κ3) is 5.21. The molecule has 0 unspecified atom stereocenters. The van der Waals surface area contributed by atoms with Gasteiger partial charge in [0.2, 0.25) is 0 Å². The zero-order valence-electron chi connectivity index (χ0n) is 12.5. The molecule has 0 radical (unpaired) electrons. The number of methoxy groups -OCH3 is 1. The molecule has 0 heterocycles. The summed E-state index contributed by atoms with van der Waals surface area (Å²) in [5.41, 5.74) is 0.909. The molecule has 0 aromatic heterocycles. The maximum Gasteiger partial charge on any atom is 0.195 e. The Morgan fingerprint density at radius 3 is 2.75 bits per heavy atom. The molecule has 0 spiro atoms. The number of rotatable bonds is 7. The molecule has 1 rings (SSSR count). The molecule has 0 atom stereocenters. The van der Waals surface area contributed by atoms with Gasteiger partial charge in [-0.05, 0) is 25.3 Å². The fraction of sp³-hybridized carbons (Fsp3) is 0.500. The molecule has 6 heteroatoms. The van der Waals surface area contributed by atoms with E-state index in [1.807, 2.05) is 25.1 Å². The van der Waals surface area contributed by atoms with Gasteiger partial charge in [-0.25, -0.2) is 0 Å². The van der Waals surface area contributed by atoms with E-state index in [2.05, 4.69) is 21.9 Å². The van der Waals surface area contributed by atoms with Crippen LogP contribution in [0.25, 0.3) is 0 Å². The first-order chi connectivity index (χ1) is 9.74. The van der Waals surface area contributed by atoms with E-state index in [4.69, 9.17) is 9.47 Å².